The minimum atomic E-state index is -1.35. The van der Waals surface area contributed by atoms with E-state index in [-0.39, 0.29) is 30.5 Å². The lowest BCUT2D eigenvalue weighted by atomic mass is 9.97. The van der Waals surface area contributed by atoms with E-state index in [1.165, 1.54) is 0 Å². The maximum absolute atomic E-state index is 12.0. The first-order valence-corrected chi connectivity index (χ1v) is 9.73. The van der Waals surface area contributed by atoms with Crippen LogP contribution in [0, 0.1) is 0 Å². The molecule has 0 bridgehead atoms. The number of fused-ring (bicyclic) bond motifs is 3. The summed E-state index contributed by atoms with van der Waals surface area (Å²) in [6.45, 7) is 11.2. The number of rotatable bonds is 5. The summed E-state index contributed by atoms with van der Waals surface area (Å²) in [5, 5.41) is 0. The molecule has 3 fully saturated rings. The summed E-state index contributed by atoms with van der Waals surface area (Å²) >= 11 is -1.35. The molecule has 0 radical (unpaired) electrons. The van der Waals surface area contributed by atoms with E-state index >= 15 is 0 Å². The molecule has 0 spiro atoms. The Bertz CT molecular complexity index is 493. The minimum absolute atomic E-state index is 0.0763. The van der Waals surface area contributed by atoms with Crippen LogP contribution in [0.2, 0.25) is 0 Å². The highest BCUT2D eigenvalue weighted by atomic mass is 32.2. The summed E-state index contributed by atoms with van der Waals surface area (Å²) in [4.78, 5) is 0. The van der Waals surface area contributed by atoms with E-state index in [2.05, 4.69) is 0 Å². The third kappa shape index (κ3) is 4.00. The second-order valence-corrected chi connectivity index (χ2v) is 8.86. The number of ether oxygens (including phenoxy) is 5. The first kappa shape index (κ1) is 18.7. The highest BCUT2D eigenvalue weighted by molar-refractivity contribution is 7.80. The van der Waals surface area contributed by atoms with Crippen molar-refractivity contribution in [1.82, 2.24) is 0 Å². The summed E-state index contributed by atoms with van der Waals surface area (Å²) < 4.78 is 47.2. The van der Waals surface area contributed by atoms with Gasteiger partial charge in [0, 0.05) is 0 Å². The van der Waals surface area contributed by atoms with Crippen molar-refractivity contribution < 1.29 is 32.1 Å². The molecule has 140 valence electrons. The monoisotopic (exact) mass is 364 g/mol. The number of hydrogen-bond donors (Lipinski definition) is 0. The van der Waals surface area contributed by atoms with E-state index in [1.807, 2.05) is 41.5 Å². The molecule has 0 N–H and O–H groups in total. The van der Waals surface area contributed by atoms with Crippen LogP contribution in [0.3, 0.4) is 0 Å². The van der Waals surface area contributed by atoms with Gasteiger partial charge in [-0.15, -0.1) is 0 Å². The van der Waals surface area contributed by atoms with Gasteiger partial charge in [-0.2, -0.15) is 0 Å². The zero-order valence-corrected chi connectivity index (χ0v) is 16.0. The van der Waals surface area contributed by atoms with Crippen LogP contribution in [0.4, 0.5) is 0 Å². The highest BCUT2D eigenvalue weighted by Crippen LogP contribution is 2.44. The van der Waals surface area contributed by atoms with E-state index < -0.39 is 28.9 Å². The molecule has 24 heavy (non-hydrogen) atoms. The first-order valence-electron chi connectivity index (χ1n) is 8.48. The smallest absolute Gasteiger partial charge is 0.190 e. The second kappa shape index (κ2) is 6.57. The summed E-state index contributed by atoms with van der Waals surface area (Å²) in [6, 6.07) is 0. The Morgan fingerprint density at radius 3 is 2.21 bits per heavy atom. The molecule has 8 heteroatoms. The molecule has 0 aromatic carbocycles. The lowest BCUT2D eigenvalue weighted by molar-refractivity contribution is -0.233. The standard InChI is InChI=1S/C16H28O7S/c1-9(2)23-24(17)8-7-10-11-12(20-15(3,4)19-11)13-14(18-10)22-16(5,6)21-13/h9-14H,7-8H2,1-6H3. The molecule has 0 saturated carbocycles. The van der Waals surface area contributed by atoms with Gasteiger partial charge in [0.2, 0.25) is 0 Å². The highest BCUT2D eigenvalue weighted by Gasteiger charge is 2.60. The molecule has 6 unspecified atom stereocenters. The summed E-state index contributed by atoms with van der Waals surface area (Å²) in [5.74, 6) is -1.07. The van der Waals surface area contributed by atoms with Crippen molar-refractivity contribution >= 4 is 11.1 Å². The van der Waals surface area contributed by atoms with E-state index in [4.69, 9.17) is 27.9 Å². The van der Waals surface area contributed by atoms with Crippen LogP contribution in [0.25, 0.3) is 0 Å². The molecular weight excluding hydrogens is 336 g/mol. The third-order valence-corrected chi connectivity index (χ3v) is 5.29. The maximum atomic E-state index is 12.0. The van der Waals surface area contributed by atoms with Crippen LogP contribution in [0.1, 0.15) is 48.0 Å². The van der Waals surface area contributed by atoms with Crippen LogP contribution < -0.4 is 0 Å². The van der Waals surface area contributed by atoms with Gasteiger partial charge >= 0.3 is 0 Å². The molecule has 3 aliphatic rings. The fourth-order valence-corrected chi connectivity index (χ4v) is 4.35. The average Bonchev–Trinajstić information content (AvgIpc) is 2.89. The van der Waals surface area contributed by atoms with Crippen molar-refractivity contribution in [2.45, 2.75) is 96.3 Å². The van der Waals surface area contributed by atoms with Gasteiger partial charge in [-0.05, 0) is 48.0 Å². The third-order valence-electron chi connectivity index (χ3n) is 4.12. The Hall–Kier alpha value is -0.0900. The van der Waals surface area contributed by atoms with E-state index in [9.17, 15) is 4.21 Å². The van der Waals surface area contributed by atoms with Crippen LogP contribution >= 0.6 is 0 Å². The fraction of sp³-hybridized carbons (Fsp3) is 1.00. The first-order chi connectivity index (χ1) is 11.1. The Labute approximate surface area is 145 Å². The summed E-state index contributed by atoms with van der Waals surface area (Å²) in [6.07, 6.45) is -1.22. The van der Waals surface area contributed by atoms with Gasteiger partial charge in [0.25, 0.3) is 0 Å². The molecule has 3 rings (SSSR count). The normalized spacial score (nSPS) is 41.2. The van der Waals surface area contributed by atoms with Crippen molar-refractivity contribution in [3.63, 3.8) is 0 Å². The largest absolute Gasteiger partial charge is 0.344 e. The molecule has 0 aromatic heterocycles. The second-order valence-electron chi connectivity index (χ2n) is 7.65. The lowest BCUT2D eigenvalue weighted by Gasteiger charge is -2.37. The Balaban J connectivity index is 1.69. The van der Waals surface area contributed by atoms with Gasteiger partial charge in [0.05, 0.1) is 18.0 Å². The predicted molar refractivity (Wildman–Crippen MR) is 86.4 cm³/mol. The molecule has 3 heterocycles. The lowest BCUT2D eigenvalue weighted by Crippen LogP contribution is -2.55. The molecule has 0 aliphatic carbocycles. The number of hydrogen-bond acceptors (Lipinski definition) is 7. The molecule has 0 aromatic rings. The Kier molecular flexibility index (Phi) is 5.12. The Morgan fingerprint density at radius 1 is 0.958 bits per heavy atom. The molecule has 7 nitrogen and oxygen atoms in total. The van der Waals surface area contributed by atoms with Gasteiger partial charge in [-0.3, -0.25) is 4.18 Å². The quantitative estimate of drug-likeness (QED) is 0.737. The van der Waals surface area contributed by atoms with E-state index in [0.717, 1.165) is 0 Å². The van der Waals surface area contributed by atoms with Crippen LogP contribution in [0.5, 0.6) is 0 Å². The minimum Gasteiger partial charge on any atom is -0.344 e. The van der Waals surface area contributed by atoms with E-state index in [0.29, 0.717) is 12.2 Å². The van der Waals surface area contributed by atoms with Gasteiger partial charge in [0.15, 0.2) is 28.9 Å². The van der Waals surface area contributed by atoms with Crippen molar-refractivity contribution in [2.24, 2.45) is 0 Å². The topological polar surface area (TPSA) is 72.5 Å². The summed E-state index contributed by atoms with van der Waals surface area (Å²) in [5.41, 5.74) is 0. The Morgan fingerprint density at radius 2 is 1.54 bits per heavy atom. The van der Waals surface area contributed by atoms with E-state index in [1.54, 1.807) is 0 Å². The zero-order valence-electron chi connectivity index (χ0n) is 15.1. The predicted octanol–water partition coefficient (Wildman–Crippen LogP) is 1.86. The van der Waals surface area contributed by atoms with Crippen LogP contribution in [-0.2, 0) is 38.9 Å². The van der Waals surface area contributed by atoms with Crippen molar-refractivity contribution in [1.29, 1.82) is 0 Å². The van der Waals surface area contributed by atoms with Crippen molar-refractivity contribution in [3.05, 3.63) is 0 Å². The van der Waals surface area contributed by atoms with Gasteiger partial charge in [-0.25, -0.2) is 4.21 Å². The molecule has 3 saturated heterocycles. The average molecular weight is 364 g/mol. The maximum Gasteiger partial charge on any atom is 0.190 e. The molecule has 6 atom stereocenters. The molecule has 3 aliphatic heterocycles. The molecular formula is C16H28O7S. The fourth-order valence-electron chi connectivity index (χ4n) is 3.40. The zero-order chi connectivity index (χ0) is 17.7. The van der Waals surface area contributed by atoms with Gasteiger partial charge < -0.3 is 23.7 Å². The van der Waals surface area contributed by atoms with Crippen molar-refractivity contribution in [2.75, 3.05) is 5.75 Å². The van der Waals surface area contributed by atoms with Crippen LogP contribution in [-0.4, -0.2) is 58.3 Å². The SMILES string of the molecule is CC(C)OS(=O)CCC1OC2OC(C)(C)OC2C2OC(C)(C)OC12. The van der Waals surface area contributed by atoms with Crippen molar-refractivity contribution in [3.8, 4) is 0 Å². The van der Waals surface area contributed by atoms with Crippen LogP contribution in [0.15, 0.2) is 0 Å². The molecule has 0 amide bonds. The van der Waals surface area contributed by atoms with Gasteiger partial charge in [0.1, 0.15) is 18.3 Å². The summed E-state index contributed by atoms with van der Waals surface area (Å²) in [7, 11) is 0. The van der Waals surface area contributed by atoms with Gasteiger partial charge in [-0.1, -0.05) is 0 Å².